The maximum absolute atomic E-state index is 13.0. The van der Waals surface area contributed by atoms with Crippen molar-refractivity contribution in [2.75, 3.05) is 6.61 Å². The number of ketones is 2. The number of benzene rings is 1. The van der Waals surface area contributed by atoms with Crippen LogP contribution in [0.25, 0.3) is 5.57 Å². The van der Waals surface area contributed by atoms with Crippen LogP contribution in [-0.2, 0) is 19.1 Å². The van der Waals surface area contributed by atoms with Gasteiger partial charge in [-0.2, -0.15) is 0 Å². The lowest BCUT2D eigenvalue weighted by molar-refractivity contribution is -0.144. The lowest BCUT2D eigenvalue weighted by Gasteiger charge is -2.25. The molecule has 0 amide bonds. The van der Waals surface area contributed by atoms with Crippen LogP contribution in [0.4, 0.5) is 0 Å². The smallest absolute Gasteiger partial charge is 0.306 e. The number of Topliss-reactive ketones (excluding diaryl/α,β-unsaturated/α-hetero) is 2. The number of carbonyl (C=O) groups is 3. The molecule has 0 heterocycles. The summed E-state index contributed by atoms with van der Waals surface area (Å²) in [5, 5.41) is 0. The normalized spacial score (nSPS) is 18.3. The molecule has 0 spiro atoms. The largest absolute Gasteiger partial charge is 0.466 e. The number of allylic oxidation sites excluding steroid dienone is 6. The molecule has 42 heavy (non-hydrogen) atoms. The van der Waals surface area contributed by atoms with Crippen LogP contribution in [-0.4, -0.2) is 24.1 Å². The highest BCUT2D eigenvalue weighted by Crippen LogP contribution is 2.38. The fourth-order valence-corrected chi connectivity index (χ4v) is 7.02. The summed E-state index contributed by atoms with van der Waals surface area (Å²) in [6.45, 7) is 8.07. The van der Waals surface area contributed by atoms with Crippen LogP contribution < -0.4 is 0 Å². The highest BCUT2D eigenvalue weighted by molar-refractivity contribution is 5.88. The molecule has 1 aromatic carbocycles. The van der Waals surface area contributed by atoms with Crippen molar-refractivity contribution >= 4 is 23.1 Å². The van der Waals surface area contributed by atoms with E-state index < -0.39 is 0 Å². The van der Waals surface area contributed by atoms with E-state index >= 15 is 0 Å². The van der Waals surface area contributed by atoms with E-state index in [1.54, 1.807) is 6.92 Å². The predicted molar refractivity (Wildman–Crippen MR) is 173 cm³/mol. The second-order valence-corrected chi connectivity index (χ2v) is 12.4. The minimum absolute atomic E-state index is 0.126. The number of esters is 1. The number of fused-ring (bicyclic) bond motifs is 1. The quantitative estimate of drug-likeness (QED) is 0.154. The second kappa shape index (κ2) is 18.0. The zero-order valence-corrected chi connectivity index (χ0v) is 26.7. The van der Waals surface area contributed by atoms with Gasteiger partial charge < -0.3 is 4.74 Å². The van der Waals surface area contributed by atoms with Crippen LogP contribution in [0, 0.1) is 17.8 Å². The molecular formula is C38H54O4. The molecule has 2 aliphatic rings. The van der Waals surface area contributed by atoms with E-state index in [4.69, 9.17) is 4.74 Å². The maximum Gasteiger partial charge on any atom is 0.306 e. The molecule has 0 saturated carbocycles. The molecule has 1 aromatic rings. The first kappa shape index (κ1) is 33.7. The van der Waals surface area contributed by atoms with Gasteiger partial charge in [-0.1, -0.05) is 74.4 Å². The molecule has 4 atom stereocenters. The van der Waals surface area contributed by atoms with Gasteiger partial charge in [0.05, 0.1) is 6.61 Å². The van der Waals surface area contributed by atoms with Crippen LogP contribution in [0.3, 0.4) is 0 Å². The summed E-state index contributed by atoms with van der Waals surface area (Å²) in [7, 11) is 0. The van der Waals surface area contributed by atoms with E-state index in [1.807, 2.05) is 13.8 Å². The van der Waals surface area contributed by atoms with E-state index in [-0.39, 0.29) is 35.3 Å². The summed E-state index contributed by atoms with van der Waals surface area (Å²) in [4.78, 5) is 38.3. The molecule has 0 N–H and O–H groups in total. The van der Waals surface area contributed by atoms with Crippen molar-refractivity contribution in [1.82, 2.24) is 0 Å². The Morgan fingerprint density at radius 2 is 1.69 bits per heavy atom. The Morgan fingerprint density at radius 3 is 2.45 bits per heavy atom. The molecule has 0 aromatic heterocycles. The highest BCUT2D eigenvalue weighted by atomic mass is 16.5. The number of hydrogen-bond donors (Lipinski definition) is 0. The van der Waals surface area contributed by atoms with Crippen LogP contribution in [0.5, 0.6) is 0 Å². The molecular weight excluding hydrogens is 520 g/mol. The van der Waals surface area contributed by atoms with E-state index in [1.165, 1.54) is 28.7 Å². The van der Waals surface area contributed by atoms with Crippen LogP contribution in [0.2, 0.25) is 0 Å². The topological polar surface area (TPSA) is 60.4 Å². The van der Waals surface area contributed by atoms with Gasteiger partial charge in [0, 0.05) is 30.6 Å². The standard InChI is InChI=1S/C38H54O4/c1-5-37(40)36(25-14-18-30-16-9-7-8-10-17-30)34(29(4)39)24-15-20-31(27-38(41)42-6-2)19-13-21-32-26-28(3)33-22-11-12-23-35(32)33/h7,9,11-12,16,22-23,26,28,31,34,36H,5-6,8,10,13-15,17-21,24-25,27H2,1-4H3. The van der Waals surface area contributed by atoms with E-state index in [0.29, 0.717) is 31.8 Å². The second-order valence-electron chi connectivity index (χ2n) is 12.4. The van der Waals surface area contributed by atoms with Gasteiger partial charge in [0.1, 0.15) is 11.6 Å². The van der Waals surface area contributed by atoms with E-state index in [9.17, 15) is 14.4 Å². The van der Waals surface area contributed by atoms with E-state index in [0.717, 1.165) is 64.2 Å². The Balaban J connectivity index is 1.57. The molecule has 4 heteroatoms. The third-order valence-corrected chi connectivity index (χ3v) is 9.31. The van der Waals surface area contributed by atoms with Crippen molar-refractivity contribution in [2.45, 2.75) is 124 Å². The Labute approximate surface area is 255 Å². The maximum atomic E-state index is 13.0. The average molecular weight is 575 g/mol. The van der Waals surface area contributed by atoms with Crippen LogP contribution >= 0.6 is 0 Å². The first-order valence-electron chi connectivity index (χ1n) is 16.7. The van der Waals surface area contributed by atoms with Gasteiger partial charge >= 0.3 is 5.97 Å². The van der Waals surface area contributed by atoms with E-state index in [2.05, 4.69) is 55.5 Å². The molecule has 0 radical (unpaired) electrons. The summed E-state index contributed by atoms with van der Waals surface area (Å²) < 4.78 is 5.31. The summed E-state index contributed by atoms with van der Waals surface area (Å²) in [5.41, 5.74) is 5.65. The molecule has 230 valence electrons. The van der Waals surface area contributed by atoms with Gasteiger partial charge in [0.15, 0.2) is 0 Å². The summed E-state index contributed by atoms with van der Waals surface area (Å²) in [6.07, 6.45) is 21.5. The van der Waals surface area contributed by atoms with Crippen molar-refractivity contribution in [2.24, 2.45) is 17.8 Å². The van der Waals surface area contributed by atoms with Crippen molar-refractivity contribution in [3.63, 3.8) is 0 Å². The zero-order chi connectivity index (χ0) is 30.3. The average Bonchev–Trinajstić information content (AvgIpc) is 3.12. The molecule has 0 saturated heterocycles. The molecule has 0 bridgehead atoms. The summed E-state index contributed by atoms with van der Waals surface area (Å²) in [5.74, 6) is 0.455. The number of carbonyl (C=O) groups excluding carboxylic acids is 3. The van der Waals surface area contributed by atoms with Gasteiger partial charge in [-0.05, 0) is 107 Å². The Morgan fingerprint density at radius 1 is 0.952 bits per heavy atom. The van der Waals surface area contributed by atoms with Crippen molar-refractivity contribution < 1.29 is 19.1 Å². The molecule has 4 unspecified atom stereocenters. The number of rotatable bonds is 19. The first-order valence-corrected chi connectivity index (χ1v) is 16.7. The summed E-state index contributed by atoms with van der Waals surface area (Å²) >= 11 is 0. The minimum atomic E-state index is -0.231. The Kier molecular flexibility index (Phi) is 14.5. The molecule has 0 aliphatic heterocycles. The third kappa shape index (κ3) is 10.5. The lowest BCUT2D eigenvalue weighted by atomic mass is 9.77. The fraction of sp³-hybridized carbons (Fsp3) is 0.605. The third-order valence-electron chi connectivity index (χ3n) is 9.31. The molecule has 3 rings (SSSR count). The lowest BCUT2D eigenvalue weighted by Crippen LogP contribution is -2.29. The Bertz CT molecular complexity index is 1120. The highest BCUT2D eigenvalue weighted by Gasteiger charge is 2.30. The molecule has 4 nitrogen and oxygen atoms in total. The van der Waals surface area contributed by atoms with Crippen LogP contribution in [0.1, 0.15) is 135 Å². The predicted octanol–water partition coefficient (Wildman–Crippen LogP) is 9.73. The number of ether oxygens (including phenoxy) is 1. The number of hydrogen-bond acceptors (Lipinski definition) is 4. The van der Waals surface area contributed by atoms with Gasteiger partial charge in [0.25, 0.3) is 0 Å². The monoisotopic (exact) mass is 574 g/mol. The zero-order valence-electron chi connectivity index (χ0n) is 26.7. The van der Waals surface area contributed by atoms with Gasteiger partial charge in [-0.25, -0.2) is 0 Å². The minimum Gasteiger partial charge on any atom is -0.466 e. The van der Waals surface area contributed by atoms with Gasteiger partial charge in [-0.15, -0.1) is 0 Å². The Hall–Kier alpha value is -2.75. The van der Waals surface area contributed by atoms with Crippen molar-refractivity contribution in [3.8, 4) is 0 Å². The summed E-state index contributed by atoms with van der Waals surface area (Å²) in [6, 6.07) is 8.67. The fourth-order valence-electron chi connectivity index (χ4n) is 7.02. The molecule has 0 fully saturated rings. The van der Waals surface area contributed by atoms with Crippen LogP contribution in [0.15, 0.2) is 54.1 Å². The van der Waals surface area contributed by atoms with Crippen molar-refractivity contribution in [1.29, 1.82) is 0 Å². The van der Waals surface area contributed by atoms with Crippen molar-refractivity contribution in [3.05, 3.63) is 65.3 Å². The first-order chi connectivity index (χ1) is 20.3. The SMILES string of the molecule is CCOC(=O)CC(CCCC1=CC(C)c2ccccc21)CCCC(C(C)=O)C(CCCC1=CC=CCCC1)C(=O)CC. The van der Waals surface area contributed by atoms with Gasteiger partial charge in [0.2, 0.25) is 0 Å². The van der Waals surface area contributed by atoms with Gasteiger partial charge in [-0.3, -0.25) is 14.4 Å². The molecule has 2 aliphatic carbocycles.